The van der Waals surface area contributed by atoms with Crippen LogP contribution in [0.5, 0.6) is 0 Å². The summed E-state index contributed by atoms with van der Waals surface area (Å²) < 4.78 is 31.1. The molecular weight excluding hydrogens is 370 g/mol. The second kappa shape index (κ2) is 6.83. The summed E-state index contributed by atoms with van der Waals surface area (Å²) in [6, 6.07) is 1.33. The molecule has 10 heteroatoms. The highest BCUT2D eigenvalue weighted by Crippen LogP contribution is 2.34. The monoisotopic (exact) mass is 377 g/mol. The molecule has 0 aromatic carbocycles. The molecule has 0 aliphatic heterocycles. The van der Waals surface area contributed by atoms with Crippen molar-refractivity contribution in [3.63, 3.8) is 0 Å². The van der Waals surface area contributed by atoms with E-state index in [1.807, 2.05) is 0 Å². The van der Waals surface area contributed by atoms with Gasteiger partial charge in [0.15, 0.2) is 0 Å². The zero-order chi connectivity index (χ0) is 13.8. The third kappa shape index (κ3) is 4.82. The fourth-order valence-electron chi connectivity index (χ4n) is 0.938. The first-order valence-corrected chi connectivity index (χ1v) is 8.04. The molecule has 1 heterocycles. The number of nitrogens with one attached hydrogen (secondary N) is 1. The van der Waals surface area contributed by atoms with E-state index in [2.05, 4.69) is 20.7 Å². The molecule has 1 rings (SSSR count). The smallest absolute Gasteiger partial charge is 0.329 e. The van der Waals surface area contributed by atoms with Gasteiger partial charge in [0, 0.05) is 6.54 Å². The van der Waals surface area contributed by atoms with Crippen LogP contribution in [-0.4, -0.2) is 39.3 Å². The summed E-state index contributed by atoms with van der Waals surface area (Å²) in [4.78, 5) is 10.1. The summed E-state index contributed by atoms with van der Waals surface area (Å²) in [6.07, 6.45) is 0. The van der Waals surface area contributed by atoms with Gasteiger partial charge in [-0.2, -0.15) is 0 Å². The molecule has 1 aromatic rings. The Morgan fingerprint density at radius 3 is 2.78 bits per heavy atom. The van der Waals surface area contributed by atoms with Crippen molar-refractivity contribution in [2.24, 2.45) is 0 Å². The van der Waals surface area contributed by atoms with E-state index in [4.69, 9.17) is 21.4 Å². The summed E-state index contributed by atoms with van der Waals surface area (Å²) in [6.45, 7) is -0.493. The van der Waals surface area contributed by atoms with Gasteiger partial charge in [0.2, 0.25) is 10.0 Å². The SMILES string of the molecule is O=C(O)COCCNS(=O)(=O)c1cc(Cl)c(Br)s1. The maximum absolute atomic E-state index is 11.7. The Morgan fingerprint density at radius 1 is 1.61 bits per heavy atom. The standard InChI is InChI=1S/C8H9BrClNO5S2/c9-8-5(10)3-7(17-8)18(14,15)11-1-2-16-4-6(12)13/h3,11H,1-2,4H2,(H,12,13). The Hall–Kier alpha value is -0.190. The van der Waals surface area contributed by atoms with Gasteiger partial charge in [0.25, 0.3) is 0 Å². The number of halogens is 2. The number of ether oxygens (including phenoxy) is 1. The molecule has 0 atom stereocenters. The van der Waals surface area contributed by atoms with E-state index in [-0.39, 0.29) is 17.4 Å². The summed E-state index contributed by atoms with van der Waals surface area (Å²) in [5.74, 6) is -1.10. The van der Waals surface area contributed by atoms with Crippen LogP contribution in [0.2, 0.25) is 5.02 Å². The molecule has 0 saturated carbocycles. The lowest BCUT2D eigenvalue weighted by Crippen LogP contribution is -2.27. The second-order valence-corrected chi connectivity index (χ2v) is 7.80. The Bertz CT molecular complexity index is 510. The number of carboxylic acids is 1. The van der Waals surface area contributed by atoms with Crippen LogP contribution in [0.25, 0.3) is 0 Å². The van der Waals surface area contributed by atoms with Crippen molar-refractivity contribution in [2.45, 2.75) is 4.21 Å². The van der Waals surface area contributed by atoms with E-state index in [9.17, 15) is 13.2 Å². The summed E-state index contributed by atoms with van der Waals surface area (Å²) in [7, 11) is -3.64. The maximum Gasteiger partial charge on any atom is 0.329 e. The normalized spacial score (nSPS) is 11.7. The van der Waals surface area contributed by atoms with Crippen LogP contribution in [0.15, 0.2) is 14.1 Å². The minimum absolute atomic E-state index is 0.0112. The van der Waals surface area contributed by atoms with E-state index >= 15 is 0 Å². The van der Waals surface area contributed by atoms with Crippen LogP contribution in [-0.2, 0) is 19.6 Å². The molecule has 0 bridgehead atoms. The van der Waals surface area contributed by atoms with Gasteiger partial charge < -0.3 is 9.84 Å². The van der Waals surface area contributed by atoms with Crippen LogP contribution in [0, 0.1) is 0 Å². The van der Waals surface area contributed by atoms with E-state index in [1.165, 1.54) is 6.07 Å². The molecule has 0 unspecified atom stereocenters. The van der Waals surface area contributed by atoms with Crippen LogP contribution in [0.4, 0.5) is 0 Å². The van der Waals surface area contributed by atoms with Crippen LogP contribution in [0.1, 0.15) is 0 Å². The first-order valence-electron chi connectivity index (χ1n) is 4.57. The van der Waals surface area contributed by atoms with Crippen molar-refractivity contribution in [1.82, 2.24) is 4.72 Å². The Kier molecular flexibility index (Phi) is 6.02. The lowest BCUT2D eigenvalue weighted by Gasteiger charge is -2.04. The number of aliphatic carboxylic acids is 1. The van der Waals surface area contributed by atoms with Crippen molar-refractivity contribution in [3.05, 3.63) is 14.9 Å². The highest BCUT2D eigenvalue weighted by molar-refractivity contribution is 9.11. The van der Waals surface area contributed by atoms with Crippen LogP contribution in [0.3, 0.4) is 0 Å². The number of hydrogen-bond acceptors (Lipinski definition) is 5. The molecule has 18 heavy (non-hydrogen) atoms. The lowest BCUT2D eigenvalue weighted by molar-refractivity contribution is -0.142. The number of sulfonamides is 1. The number of thiophene rings is 1. The van der Waals surface area contributed by atoms with Gasteiger partial charge in [0.1, 0.15) is 10.8 Å². The Morgan fingerprint density at radius 2 is 2.28 bits per heavy atom. The predicted molar refractivity (Wildman–Crippen MR) is 70.7 cm³/mol. The fourth-order valence-corrected chi connectivity index (χ4v) is 4.39. The van der Waals surface area contributed by atoms with E-state index in [1.54, 1.807) is 0 Å². The van der Waals surface area contributed by atoms with E-state index < -0.39 is 22.6 Å². The molecule has 1 aromatic heterocycles. The second-order valence-electron chi connectivity index (χ2n) is 3.03. The van der Waals surface area contributed by atoms with Gasteiger partial charge in [-0.3, -0.25) is 0 Å². The van der Waals surface area contributed by atoms with Crippen molar-refractivity contribution in [3.8, 4) is 0 Å². The van der Waals surface area contributed by atoms with Gasteiger partial charge in [-0.1, -0.05) is 11.6 Å². The molecule has 6 nitrogen and oxygen atoms in total. The molecule has 102 valence electrons. The Labute approximate surface area is 121 Å². The highest BCUT2D eigenvalue weighted by Gasteiger charge is 2.18. The maximum atomic E-state index is 11.7. The average Bonchev–Trinajstić information content (AvgIpc) is 2.59. The minimum Gasteiger partial charge on any atom is -0.480 e. The van der Waals surface area contributed by atoms with Gasteiger partial charge in [-0.05, 0) is 22.0 Å². The quantitative estimate of drug-likeness (QED) is 0.702. The first kappa shape index (κ1) is 15.9. The topological polar surface area (TPSA) is 92.7 Å². The highest BCUT2D eigenvalue weighted by atomic mass is 79.9. The molecular formula is C8H9BrClNO5S2. The largest absolute Gasteiger partial charge is 0.480 e. The zero-order valence-corrected chi connectivity index (χ0v) is 12.8. The average molecular weight is 379 g/mol. The predicted octanol–water partition coefficient (Wildman–Crippen LogP) is 1.54. The minimum atomic E-state index is -3.64. The molecule has 0 spiro atoms. The summed E-state index contributed by atoms with van der Waals surface area (Å²) in [5.41, 5.74) is 0. The van der Waals surface area contributed by atoms with Crippen LogP contribution >= 0.6 is 38.9 Å². The summed E-state index contributed by atoms with van der Waals surface area (Å²) in [5, 5.41) is 8.62. The van der Waals surface area contributed by atoms with Crippen LogP contribution < -0.4 is 4.72 Å². The lowest BCUT2D eigenvalue weighted by atomic mass is 10.7. The number of carboxylic acid groups (broad SMARTS) is 1. The summed E-state index contributed by atoms with van der Waals surface area (Å²) >= 11 is 9.85. The van der Waals surface area contributed by atoms with E-state index in [0.29, 0.717) is 8.81 Å². The number of carbonyl (C=O) groups is 1. The van der Waals surface area contributed by atoms with Gasteiger partial charge >= 0.3 is 5.97 Å². The molecule has 0 amide bonds. The van der Waals surface area contributed by atoms with E-state index in [0.717, 1.165) is 11.3 Å². The number of rotatable bonds is 7. The van der Waals surface area contributed by atoms with Gasteiger partial charge in [-0.25, -0.2) is 17.9 Å². The molecule has 0 aliphatic carbocycles. The molecule has 0 aliphatic rings. The Balaban J connectivity index is 2.48. The molecule has 0 saturated heterocycles. The number of hydrogen-bond donors (Lipinski definition) is 2. The van der Waals surface area contributed by atoms with Crippen molar-refractivity contribution < 1.29 is 23.1 Å². The zero-order valence-electron chi connectivity index (χ0n) is 8.85. The third-order valence-electron chi connectivity index (χ3n) is 1.65. The third-order valence-corrected chi connectivity index (χ3v) is 6.06. The van der Waals surface area contributed by atoms with Crippen molar-refractivity contribution in [2.75, 3.05) is 19.8 Å². The van der Waals surface area contributed by atoms with Gasteiger partial charge in [0.05, 0.1) is 15.4 Å². The first-order chi connectivity index (χ1) is 8.33. The van der Waals surface area contributed by atoms with Crippen molar-refractivity contribution >= 4 is 54.9 Å². The molecule has 0 fully saturated rings. The molecule has 2 N–H and O–H groups in total. The fraction of sp³-hybridized carbons (Fsp3) is 0.375. The van der Waals surface area contributed by atoms with Crippen molar-refractivity contribution in [1.29, 1.82) is 0 Å². The molecule has 0 radical (unpaired) electrons. The van der Waals surface area contributed by atoms with Gasteiger partial charge in [-0.15, -0.1) is 11.3 Å².